The van der Waals surface area contributed by atoms with Crippen LogP contribution in [0.1, 0.15) is 13.8 Å². The van der Waals surface area contributed by atoms with Gasteiger partial charge >= 0.3 is 0 Å². The second-order valence-corrected chi connectivity index (χ2v) is 5.66. The fraction of sp³-hybridized carbons (Fsp3) is 0.500. The molecule has 1 rings (SSSR count). The van der Waals surface area contributed by atoms with Crippen molar-refractivity contribution >= 4 is 21.5 Å². The van der Waals surface area contributed by atoms with Gasteiger partial charge in [-0.2, -0.15) is 0 Å². The molecule has 1 heterocycles. The zero-order chi connectivity index (χ0) is 12.9. The van der Waals surface area contributed by atoms with Crippen molar-refractivity contribution in [1.29, 1.82) is 0 Å². The fourth-order valence-corrected chi connectivity index (χ4v) is 1.93. The summed E-state index contributed by atoms with van der Waals surface area (Å²) >= 11 is 0. The van der Waals surface area contributed by atoms with Crippen molar-refractivity contribution in [3.63, 3.8) is 0 Å². The lowest BCUT2D eigenvalue weighted by Gasteiger charge is -2.09. The highest BCUT2D eigenvalue weighted by Gasteiger charge is 2.11. The first kappa shape index (κ1) is 13.7. The number of nitrogens with two attached hydrogens (primary N) is 1. The van der Waals surface area contributed by atoms with Gasteiger partial charge in [-0.25, -0.2) is 13.4 Å². The summed E-state index contributed by atoms with van der Waals surface area (Å²) in [6.07, 6.45) is 1.41. The maximum absolute atomic E-state index is 11.6. The van der Waals surface area contributed by atoms with Crippen molar-refractivity contribution in [3.05, 3.63) is 18.3 Å². The van der Waals surface area contributed by atoms with E-state index in [2.05, 4.69) is 9.71 Å². The highest BCUT2D eigenvalue weighted by atomic mass is 32.2. The van der Waals surface area contributed by atoms with E-state index in [1.165, 1.54) is 12.3 Å². The number of nitrogens with one attached hydrogen (secondary N) is 1. The number of nitrogen functional groups attached to an aromatic ring is 1. The highest BCUT2D eigenvalue weighted by Crippen LogP contribution is 2.08. The van der Waals surface area contributed by atoms with Crippen molar-refractivity contribution in [2.45, 2.75) is 20.0 Å². The molecule has 1 aromatic heterocycles. The lowest BCUT2D eigenvalue weighted by atomic mass is 10.4. The Hall–Kier alpha value is -1.34. The number of hydrogen-bond acceptors (Lipinski definition) is 5. The van der Waals surface area contributed by atoms with E-state index in [1.54, 1.807) is 6.07 Å². The number of nitrogens with zero attached hydrogens (tertiary/aromatic N) is 1. The van der Waals surface area contributed by atoms with Crippen LogP contribution in [-0.2, 0) is 14.8 Å². The molecule has 0 radical (unpaired) electrons. The Morgan fingerprint density at radius 3 is 2.71 bits per heavy atom. The van der Waals surface area contributed by atoms with Gasteiger partial charge in [0.25, 0.3) is 0 Å². The molecule has 0 aliphatic rings. The molecule has 7 heteroatoms. The summed E-state index contributed by atoms with van der Waals surface area (Å²) in [6, 6.07) is 3.09. The highest BCUT2D eigenvalue weighted by molar-refractivity contribution is 7.92. The molecule has 0 spiro atoms. The third kappa shape index (κ3) is 5.50. The van der Waals surface area contributed by atoms with Crippen LogP contribution in [-0.4, -0.2) is 31.9 Å². The average Bonchev–Trinajstić information content (AvgIpc) is 2.20. The molecule has 0 aromatic carbocycles. The first-order chi connectivity index (χ1) is 7.89. The van der Waals surface area contributed by atoms with Gasteiger partial charge in [-0.15, -0.1) is 0 Å². The summed E-state index contributed by atoms with van der Waals surface area (Å²) in [5.74, 6) is 0.154. The van der Waals surface area contributed by atoms with Gasteiger partial charge in [-0.05, 0) is 26.0 Å². The van der Waals surface area contributed by atoms with Crippen molar-refractivity contribution in [3.8, 4) is 0 Å². The maximum Gasteiger partial charge on any atom is 0.236 e. The molecule has 0 fully saturated rings. The molecule has 0 atom stereocenters. The molecule has 1 aromatic rings. The summed E-state index contributed by atoms with van der Waals surface area (Å²) in [4.78, 5) is 3.85. The first-order valence-corrected chi connectivity index (χ1v) is 6.88. The van der Waals surface area contributed by atoms with E-state index in [0.29, 0.717) is 5.69 Å². The molecular weight excluding hydrogens is 242 g/mol. The zero-order valence-corrected chi connectivity index (χ0v) is 10.7. The standard InChI is InChI=1S/C10H17N3O3S/c1-8(2)16-5-6-17(14,15)13-10-4-3-9(11)7-12-10/h3-4,7-8H,5-6,11H2,1-2H3,(H,12,13). The normalized spacial score (nSPS) is 11.7. The fourth-order valence-electron chi connectivity index (χ4n) is 1.07. The quantitative estimate of drug-likeness (QED) is 0.789. The van der Waals surface area contributed by atoms with Gasteiger partial charge in [0.1, 0.15) is 5.82 Å². The van der Waals surface area contributed by atoms with Gasteiger partial charge in [0.15, 0.2) is 0 Å². The van der Waals surface area contributed by atoms with E-state index >= 15 is 0 Å². The first-order valence-electron chi connectivity index (χ1n) is 5.23. The number of pyridine rings is 1. The predicted octanol–water partition coefficient (Wildman–Crippen LogP) is 0.830. The molecule has 0 amide bonds. The second-order valence-electron chi connectivity index (χ2n) is 3.82. The van der Waals surface area contributed by atoms with Gasteiger partial charge in [0, 0.05) is 0 Å². The molecule has 17 heavy (non-hydrogen) atoms. The minimum atomic E-state index is -3.42. The van der Waals surface area contributed by atoms with Gasteiger partial charge in [0.2, 0.25) is 10.0 Å². The Morgan fingerprint density at radius 2 is 2.18 bits per heavy atom. The number of sulfonamides is 1. The lowest BCUT2D eigenvalue weighted by molar-refractivity contribution is 0.0913. The van der Waals surface area contributed by atoms with E-state index in [1.807, 2.05) is 13.8 Å². The largest absolute Gasteiger partial charge is 0.397 e. The molecule has 6 nitrogen and oxygen atoms in total. The maximum atomic E-state index is 11.6. The number of anilines is 2. The average molecular weight is 259 g/mol. The van der Waals surface area contributed by atoms with E-state index in [-0.39, 0.29) is 24.3 Å². The topological polar surface area (TPSA) is 94.3 Å². The van der Waals surface area contributed by atoms with Crippen LogP contribution >= 0.6 is 0 Å². The van der Waals surface area contributed by atoms with E-state index in [0.717, 1.165) is 0 Å². The molecular formula is C10H17N3O3S. The Bertz CT molecular complexity index is 442. The second kappa shape index (κ2) is 5.83. The summed E-state index contributed by atoms with van der Waals surface area (Å²) < 4.78 is 30.7. The van der Waals surface area contributed by atoms with Crippen LogP contribution in [0.5, 0.6) is 0 Å². The van der Waals surface area contributed by atoms with Crippen molar-refractivity contribution in [2.75, 3.05) is 22.8 Å². The Labute approximate surface area is 101 Å². The van der Waals surface area contributed by atoms with Crippen LogP contribution in [0.3, 0.4) is 0 Å². The van der Waals surface area contributed by atoms with Crippen LogP contribution in [0, 0.1) is 0 Å². The molecule has 0 aliphatic heterocycles. The third-order valence-electron chi connectivity index (χ3n) is 1.85. The predicted molar refractivity (Wildman–Crippen MR) is 67.1 cm³/mol. The summed E-state index contributed by atoms with van der Waals surface area (Å²) in [5.41, 5.74) is 5.93. The molecule has 0 unspecified atom stereocenters. The van der Waals surface area contributed by atoms with Gasteiger partial charge < -0.3 is 10.5 Å². The minimum absolute atomic E-state index is 0.0137. The van der Waals surface area contributed by atoms with Crippen molar-refractivity contribution in [1.82, 2.24) is 4.98 Å². The van der Waals surface area contributed by atoms with Crippen LogP contribution in [0.15, 0.2) is 18.3 Å². The monoisotopic (exact) mass is 259 g/mol. The molecule has 3 N–H and O–H groups in total. The number of aromatic nitrogens is 1. The zero-order valence-electron chi connectivity index (χ0n) is 9.88. The lowest BCUT2D eigenvalue weighted by Crippen LogP contribution is -2.22. The smallest absolute Gasteiger partial charge is 0.236 e. The molecule has 0 saturated carbocycles. The van der Waals surface area contributed by atoms with Gasteiger partial charge in [-0.1, -0.05) is 0 Å². The third-order valence-corrected chi connectivity index (χ3v) is 3.07. The summed E-state index contributed by atoms with van der Waals surface area (Å²) in [5, 5.41) is 0. The number of rotatable bonds is 6. The molecule has 0 saturated heterocycles. The van der Waals surface area contributed by atoms with E-state index in [9.17, 15) is 8.42 Å². The minimum Gasteiger partial charge on any atom is -0.397 e. The summed E-state index contributed by atoms with van der Waals surface area (Å²) in [7, 11) is -3.42. The number of ether oxygens (including phenoxy) is 1. The van der Waals surface area contributed by atoms with E-state index < -0.39 is 10.0 Å². The summed E-state index contributed by atoms with van der Waals surface area (Å²) in [6.45, 7) is 3.85. The molecule has 0 aliphatic carbocycles. The van der Waals surface area contributed by atoms with Crippen molar-refractivity contribution in [2.24, 2.45) is 0 Å². The Balaban J connectivity index is 2.52. The van der Waals surface area contributed by atoms with Crippen LogP contribution in [0.25, 0.3) is 0 Å². The van der Waals surface area contributed by atoms with Crippen LogP contribution in [0.4, 0.5) is 11.5 Å². The van der Waals surface area contributed by atoms with E-state index in [4.69, 9.17) is 10.5 Å². The Kier molecular flexibility index (Phi) is 4.71. The van der Waals surface area contributed by atoms with Crippen molar-refractivity contribution < 1.29 is 13.2 Å². The van der Waals surface area contributed by atoms with Crippen LogP contribution in [0.2, 0.25) is 0 Å². The van der Waals surface area contributed by atoms with Gasteiger partial charge in [-0.3, -0.25) is 4.72 Å². The molecule has 0 bridgehead atoms. The number of hydrogen-bond donors (Lipinski definition) is 2. The SMILES string of the molecule is CC(C)OCCS(=O)(=O)Nc1ccc(N)cn1. The molecule has 96 valence electrons. The van der Waals surface area contributed by atoms with Gasteiger partial charge in [0.05, 0.1) is 30.3 Å². The van der Waals surface area contributed by atoms with Crippen LogP contribution < -0.4 is 10.5 Å². The Morgan fingerprint density at radius 1 is 1.47 bits per heavy atom.